The molecular weight excluding hydrogens is 460 g/mol. The van der Waals surface area contributed by atoms with E-state index >= 15 is 0 Å². The van der Waals surface area contributed by atoms with Crippen LogP contribution < -0.4 is 0 Å². The molecule has 0 saturated carbocycles. The summed E-state index contributed by atoms with van der Waals surface area (Å²) in [7, 11) is -3.66. The van der Waals surface area contributed by atoms with Crippen LogP contribution in [0.5, 0.6) is 0 Å². The molecule has 0 atom stereocenters. The molecule has 0 aliphatic carbocycles. The van der Waals surface area contributed by atoms with Crippen molar-refractivity contribution < 1.29 is 13.2 Å². The standard InChI is InChI=1S/C24H21ClN4O3S/c25-21-7-5-20-14-22(8-6-19(20)13-21)33(31,32)29-11-9-28(10-12-29)24(30)18-3-1-17(2-4-18)23-15-26-16-27-23/h1-8,13-16H,9-12H2,(H,26,27). The number of sulfonamides is 1. The minimum Gasteiger partial charge on any atom is -0.345 e. The van der Waals surface area contributed by atoms with E-state index in [-0.39, 0.29) is 23.9 Å². The van der Waals surface area contributed by atoms with Gasteiger partial charge in [0.25, 0.3) is 5.91 Å². The Hall–Kier alpha value is -3.20. The van der Waals surface area contributed by atoms with E-state index in [0.29, 0.717) is 23.7 Å². The van der Waals surface area contributed by atoms with E-state index in [0.717, 1.165) is 22.0 Å². The highest BCUT2D eigenvalue weighted by molar-refractivity contribution is 7.89. The second-order valence-corrected chi connectivity index (χ2v) is 10.3. The van der Waals surface area contributed by atoms with Crippen LogP contribution in [0.4, 0.5) is 0 Å². The number of amides is 1. The SMILES string of the molecule is O=C(c1ccc(-c2cnc[nH]2)cc1)N1CCN(S(=O)(=O)c2ccc3cc(Cl)ccc3c2)CC1. The lowest BCUT2D eigenvalue weighted by Gasteiger charge is -2.34. The van der Waals surface area contributed by atoms with Gasteiger partial charge in [-0.2, -0.15) is 4.31 Å². The number of aromatic nitrogens is 2. The summed E-state index contributed by atoms with van der Waals surface area (Å²) in [5.41, 5.74) is 2.39. The maximum absolute atomic E-state index is 13.2. The van der Waals surface area contributed by atoms with Crippen molar-refractivity contribution in [3.63, 3.8) is 0 Å². The van der Waals surface area contributed by atoms with Crippen LogP contribution in [0, 0.1) is 0 Å². The van der Waals surface area contributed by atoms with Gasteiger partial charge in [-0.3, -0.25) is 4.79 Å². The van der Waals surface area contributed by atoms with E-state index in [1.165, 1.54) is 4.31 Å². The summed E-state index contributed by atoms with van der Waals surface area (Å²) >= 11 is 6.02. The van der Waals surface area contributed by atoms with Crippen LogP contribution in [0.2, 0.25) is 5.02 Å². The molecule has 1 aliphatic heterocycles. The number of imidazole rings is 1. The number of carbonyl (C=O) groups is 1. The van der Waals surface area contributed by atoms with Crippen molar-refractivity contribution in [2.45, 2.75) is 4.90 Å². The summed E-state index contributed by atoms with van der Waals surface area (Å²) in [5.74, 6) is -0.106. The van der Waals surface area contributed by atoms with Gasteiger partial charge in [0.1, 0.15) is 0 Å². The van der Waals surface area contributed by atoms with Gasteiger partial charge in [0.15, 0.2) is 0 Å². The first-order valence-corrected chi connectivity index (χ1v) is 12.3. The zero-order valence-corrected chi connectivity index (χ0v) is 19.2. The van der Waals surface area contributed by atoms with Crippen molar-refractivity contribution in [1.82, 2.24) is 19.2 Å². The van der Waals surface area contributed by atoms with Gasteiger partial charge in [0.2, 0.25) is 10.0 Å². The molecule has 1 N–H and O–H groups in total. The van der Waals surface area contributed by atoms with Gasteiger partial charge < -0.3 is 9.88 Å². The lowest BCUT2D eigenvalue weighted by Crippen LogP contribution is -2.50. The van der Waals surface area contributed by atoms with Gasteiger partial charge in [-0.15, -0.1) is 0 Å². The second-order valence-electron chi connectivity index (χ2n) is 7.89. The van der Waals surface area contributed by atoms with Crippen molar-refractivity contribution in [1.29, 1.82) is 0 Å². The van der Waals surface area contributed by atoms with Gasteiger partial charge in [0.05, 0.1) is 23.1 Å². The van der Waals surface area contributed by atoms with Crippen LogP contribution >= 0.6 is 11.6 Å². The zero-order chi connectivity index (χ0) is 23.0. The minimum atomic E-state index is -3.66. The van der Waals surface area contributed by atoms with Crippen LogP contribution in [0.15, 0.2) is 78.1 Å². The number of fused-ring (bicyclic) bond motifs is 1. The van der Waals surface area contributed by atoms with E-state index < -0.39 is 10.0 Å². The molecule has 1 saturated heterocycles. The van der Waals surface area contributed by atoms with Gasteiger partial charge in [-0.1, -0.05) is 35.9 Å². The fourth-order valence-electron chi connectivity index (χ4n) is 4.02. The maximum atomic E-state index is 13.2. The Morgan fingerprint density at radius 1 is 0.909 bits per heavy atom. The molecule has 33 heavy (non-hydrogen) atoms. The number of nitrogens with one attached hydrogen (secondary N) is 1. The maximum Gasteiger partial charge on any atom is 0.253 e. The quantitative estimate of drug-likeness (QED) is 0.477. The first-order valence-electron chi connectivity index (χ1n) is 10.5. The predicted molar refractivity (Wildman–Crippen MR) is 128 cm³/mol. The lowest BCUT2D eigenvalue weighted by atomic mass is 10.1. The predicted octanol–water partition coefficient (Wildman–Crippen LogP) is 4.03. The number of aromatic amines is 1. The summed E-state index contributed by atoms with van der Waals surface area (Å²) in [6, 6.07) is 17.7. The van der Waals surface area contributed by atoms with E-state index in [2.05, 4.69) is 9.97 Å². The average molecular weight is 481 g/mol. The van der Waals surface area contributed by atoms with Crippen LogP contribution in [0.3, 0.4) is 0 Å². The lowest BCUT2D eigenvalue weighted by molar-refractivity contribution is 0.0698. The smallest absolute Gasteiger partial charge is 0.253 e. The second kappa shape index (κ2) is 8.62. The molecule has 1 fully saturated rings. The van der Waals surface area contributed by atoms with E-state index in [1.807, 2.05) is 18.2 Å². The highest BCUT2D eigenvalue weighted by Crippen LogP contribution is 2.25. The molecular formula is C24H21ClN4O3S. The molecule has 1 amide bonds. The minimum absolute atomic E-state index is 0.106. The van der Waals surface area contributed by atoms with E-state index in [4.69, 9.17) is 11.6 Å². The van der Waals surface area contributed by atoms with Gasteiger partial charge in [0, 0.05) is 36.8 Å². The van der Waals surface area contributed by atoms with Crippen LogP contribution in [-0.4, -0.2) is 59.7 Å². The molecule has 168 valence electrons. The molecule has 3 aromatic carbocycles. The van der Waals surface area contributed by atoms with E-state index in [9.17, 15) is 13.2 Å². The Bertz CT molecular complexity index is 1410. The van der Waals surface area contributed by atoms with Crippen LogP contribution in [-0.2, 0) is 10.0 Å². The van der Waals surface area contributed by atoms with Gasteiger partial charge in [-0.25, -0.2) is 13.4 Å². The van der Waals surface area contributed by atoms with Crippen LogP contribution in [0.1, 0.15) is 10.4 Å². The number of halogens is 1. The number of rotatable bonds is 4. The van der Waals surface area contributed by atoms with Gasteiger partial charge >= 0.3 is 0 Å². The third-order valence-corrected chi connectivity index (χ3v) is 8.01. The van der Waals surface area contributed by atoms with Crippen molar-refractivity contribution in [2.24, 2.45) is 0 Å². The van der Waals surface area contributed by atoms with Crippen LogP contribution in [0.25, 0.3) is 22.0 Å². The molecule has 0 bridgehead atoms. The Balaban J connectivity index is 1.27. The van der Waals surface area contributed by atoms with Crippen molar-refractivity contribution in [2.75, 3.05) is 26.2 Å². The Labute approximate surface area is 196 Å². The first-order chi connectivity index (χ1) is 15.9. The summed E-state index contributed by atoms with van der Waals surface area (Å²) in [6.45, 7) is 1.17. The number of nitrogens with zero attached hydrogens (tertiary/aromatic N) is 3. The molecule has 0 spiro atoms. The molecule has 9 heteroatoms. The summed E-state index contributed by atoms with van der Waals surface area (Å²) in [5, 5.41) is 2.30. The molecule has 0 radical (unpaired) electrons. The van der Waals surface area contributed by atoms with Crippen molar-refractivity contribution in [3.8, 4) is 11.3 Å². The highest BCUT2D eigenvalue weighted by Gasteiger charge is 2.30. The Morgan fingerprint density at radius 2 is 1.61 bits per heavy atom. The summed E-state index contributed by atoms with van der Waals surface area (Å²) in [4.78, 5) is 21.9. The number of carbonyl (C=O) groups excluding carboxylic acids is 1. The number of piperazine rings is 1. The molecule has 1 aliphatic rings. The molecule has 5 rings (SSSR count). The molecule has 2 heterocycles. The molecule has 4 aromatic rings. The fraction of sp³-hybridized carbons (Fsp3) is 0.167. The third kappa shape index (κ3) is 4.25. The van der Waals surface area contributed by atoms with Crippen molar-refractivity contribution >= 4 is 38.3 Å². The van der Waals surface area contributed by atoms with Crippen molar-refractivity contribution in [3.05, 3.63) is 83.8 Å². The monoisotopic (exact) mass is 480 g/mol. The zero-order valence-electron chi connectivity index (χ0n) is 17.6. The first kappa shape index (κ1) is 21.6. The largest absolute Gasteiger partial charge is 0.345 e. The fourth-order valence-corrected chi connectivity index (χ4v) is 5.66. The topological polar surface area (TPSA) is 86.4 Å². The Morgan fingerprint density at radius 3 is 2.30 bits per heavy atom. The van der Waals surface area contributed by atoms with E-state index in [1.54, 1.807) is 59.9 Å². The number of H-pyrrole nitrogens is 1. The Kier molecular flexibility index (Phi) is 5.65. The molecule has 1 aromatic heterocycles. The third-order valence-electron chi connectivity index (χ3n) is 5.88. The summed E-state index contributed by atoms with van der Waals surface area (Å²) in [6.07, 6.45) is 3.33. The highest BCUT2D eigenvalue weighted by atomic mass is 35.5. The number of hydrogen-bond donors (Lipinski definition) is 1. The molecule has 7 nitrogen and oxygen atoms in total. The normalized spacial score (nSPS) is 15.1. The molecule has 0 unspecified atom stereocenters. The van der Waals surface area contributed by atoms with Gasteiger partial charge in [-0.05, 0) is 52.7 Å². The number of benzene rings is 3. The number of hydrogen-bond acceptors (Lipinski definition) is 4. The summed E-state index contributed by atoms with van der Waals surface area (Å²) < 4.78 is 27.8. The average Bonchev–Trinajstić information content (AvgIpc) is 3.38.